The van der Waals surface area contributed by atoms with Gasteiger partial charge in [-0.05, 0) is 33.4 Å². The fraction of sp³-hybridized carbons (Fsp3) is 0.857. The van der Waals surface area contributed by atoms with Gasteiger partial charge in [0.25, 0.3) is 0 Å². The predicted octanol–water partition coefficient (Wildman–Crippen LogP) is 0.116. The van der Waals surface area contributed by atoms with E-state index in [4.69, 9.17) is 0 Å². The summed E-state index contributed by atoms with van der Waals surface area (Å²) in [5, 5.41) is 6.43. The Morgan fingerprint density at radius 1 is 1.25 bits per heavy atom. The second kappa shape index (κ2) is 9.58. The van der Waals surface area contributed by atoms with Crippen LogP contribution in [0.25, 0.3) is 0 Å². The van der Waals surface area contributed by atoms with Crippen LogP contribution in [0.15, 0.2) is 4.99 Å². The third-order valence-corrected chi connectivity index (χ3v) is 3.50. The summed E-state index contributed by atoms with van der Waals surface area (Å²) in [5.41, 5.74) is 0. The summed E-state index contributed by atoms with van der Waals surface area (Å²) in [7, 11) is 2.09. The summed E-state index contributed by atoms with van der Waals surface area (Å²) < 4.78 is 0. The Kier molecular flexibility index (Phi) is 8.02. The Balaban J connectivity index is 2.35. The maximum absolute atomic E-state index is 11.9. The Morgan fingerprint density at radius 3 is 2.55 bits per heavy atom. The van der Waals surface area contributed by atoms with E-state index in [0.717, 1.165) is 58.1 Å². The lowest BCUT2D eigenvalue weighted by atomic mass is 10.4. The van der Waals surface area contributed by atoms with Gasteiger partial charge in [0, 0.05) is 32.7 Å². The molecule has 6 nitrogen and oxygen atoms in total. The molecule has 0 aromatic rings. The Labute approximate surface area is 122 Å². The summed E-state index contributed by atoms with van der Waals surface area (Å²) in [6.45, 7) is 9.79. The highest BCUT2D eigenvalue weighted by Crippen LogP contribution is 2.07. The van der Waals surface area contributed by atoms with Crippen LogP contribution in [0, 0.1) is 0 Å². The van der Waals surface area contributed by atoms with Gasteiger partial charge in [0.1, 0.15) is 6.54 Å². The zero-order valence-corrected chi connectivity index (χ0v) is 13.1. The number of likely N-dealkylation sites (N-methyl/N-ethyl adjacent to an activating group) is 1. The monoisotopic (exact) mass is 283 g/mol. The number of nitrogens with one attached hydrogen (secondary N) is 2. The second-order valence-corrected chi connectivity index (χ2v) is 5.11. The number of aliphatic imine (C=N–C) groups is 1. The van der Waals surface area contributed by atoms with Gasteiger partial charge in [0.05, 0.1) is 0 Å². The fourth-order valence-corrected chi connectivity index (χ4v) is 2.08. The van der Waals surface area contributed by atoms with E-state index in [1.807, 2.05) is 11.8 Å². The molecule has 1 fully saturated rings. The van der Waals surface area contributed by atoms with Gasteiger partial charge < -0.3 is 20.4 Å². The number of nitrogens with zero attached hydrogens (tertiary/aromatic N) is 3. The molecule has 1 aliphatic heterocycles. The van der Waals surface area contributed by atoms with E-state index < -0.39 is 0 Å². The van der Waals surface area contributed by atoms with Crippen LogP contribution < -0.4 is 10.6 Å². The summed E-state index contributed by atoms with van der Waals surface area (Å²) in [4.78, 5) is 20.4. The van der Waals surface area contributed by atoms with Crippen LogP contribution in [0.3, 0.4) is 0 Å². The van der Waals surface area contributed by atoms with Crippen LogP contribution in [0.1, 0.15) is 26.7 Å². The molecule has 0 aromatic carbocycles. The van der Waals surface area contributed by atoms with Crippen molar-refractivity contribution in [3.05, 3.63) is 0 Å². The molecule has 0 bridgehead atoms. The first-order valence-corrected chi connectivity index (χ1v) is 7.65. The number of hydrogen-bond acceptors (Lipinski definition) is 3. The number of hydrogen-bond donors (Lipinski definition) is 2. The predicted molar refractivity (Wildman–Crippen MR) is 83.0 cm³/mol. The summed E-state index contributed by atoms with van der Waals surface area (Å²) in [6, 6.07) is 0. The van der Waals surface area contributed by atoms with Gasteiger partial charge in [-0.3, -0.25) is 4.79 Å². The molecule has 0 radical (unpaired) electrons. The molecule has 0 aromatic heterocycles. The van der Waals surface area contributed by atoms with Crippen molar-refractivity contribution in [2.45, 2.75) is 26.7 Å². The van der Waals surface area contributed by atoms with Gasteiger partial charge in [-0.1, -0.05) is 6.92 Å². The summed E-state index contributed by atoms with van der Waals surface area (Å²) in [5.74, 6) is 0.856. The molecule has 1 saturated heterocycles. The lowest BCUT2D eigenvalue weighted by Crippen LogP contribution is -2.41. The minimum atomic E-state index is 0.130. The van der Waals surface area contributed by atoms with E-state index in [-0.39, 0.29) is 12.5 Å². The minimum Gasteiger partial charge on any atom is -0.357 e. The van der Waals surface area contributed by atoms with Crippen LogP contribution in [-0.2, 0) is 4.79 Å². The molecule has 1 rings (SSSR count). The molecule has 1 aliphatic rings. The van der Waals surface area contributed by atoms with Crippen LogP contribution in [0.4, 0.5) is 0 Å². The van der Waals surface area contributed by atoms with Crippen molar-refractivity contribution >= 4 is 11.9 Å². The van der Waals surface area contributed by atoms with Crippen molar-refractivity contribution in [1.82, 2.24) is 20.4 Å². The molecule has 2 N–H and O–H groups in total. The van der Waals surface area contributed by atoms with E-state index in [1.165, 1.54) is 0 Å². The standard InChI is InChI=1S/C14H29N5O/c1-4-15-14(16-8-11-18(3)5-2)17-12-13(20)19-9-6-7-10-19/h4-12H2,1-3H3,(H2,15,16,17). The van der Waals surface area contributed by atoms with Gasteiger partial charge in [0.2, 0.25) is 5.91 Å². The average molecular weight is 283 g/mol. The Hall–Kier alpha value is -1.30. The highest BCUT2D eigenvalue weighted by atomic mass is 16.2. The van der Waals surface area contributed by atoms with Crippen LogP contribution >= 0.6 is 0 Å². The molecule has 0 aliphatic carbocycles. The average Bonchev–Trinajstić information content (AvgIpc) is 2.98. The summed E-state index contributed by atoms with van der Waals surface area (Å²) >= 11 is 0. The third-order valence-electron chi connectivity index (χ3n) is 3.50. The molecule has 1 heterocycles. The molecule has 0 atom stereocenters. The van der Waals surface area contributed by atoms with Crippen molar-refractivity contribution < 1.29 is 4.79 Å². The van der Waals surface area contributed by atoms with Gasteiger partial charge in [-0.15, -0.1) is 0 Å². The number of amides is 1. The quantitative estimate of drug-likeness (QED) is 0.514. The zero-order valence-electron chi connectivity index (χ0n) is 13.1. The number of guanidine groups is 1. The molecule has 0 saturated carbocycles. The smallest absolute Gasteiger partial charge is 0.244 e. The van der Waals surface area contributed by atoms with E-state index >= 15 is 0 Å². The maximum atomic E-state index is 11.9. The largest absolute Gasteiger partial charge is 0.357 e. The molecular formula is C14H29N5O. The topological polar surface area (TPSA) is 60.0 Å². The van der Waals surface area contributed by atoms with E-state index in [0.29, 0.717) is 0 Å². The highest BCUT2D eigenvalue weighted by molar-refractivity contribution is 5.85. The SMILES string of the molecule is CCNC(=NCC(=O)N1CCCC1)NCCN(C)CC. The second-order valence-electron chi connectivity index (χ2n) is 5.11. The van der Waals surface area contributed by atoms with Crippen molar-refractivity contribution in [3.63, 3.8) is 0 Å². The highest BCUT2D eigenvalue weighted by Gasteiger charge is 2.17. The molecule has 0 unspecified atom stereocenters. The fourth-order valence-electron chi connectivity index (χ4n) is 2.08. The van der Waals surface area contributed by atoms with Gasteiger partial charge >= 0.3 is 0 Å². The first-order chi connectivity index (χ1) is 9.67. The van der Waals surface area contributed by atoms with Gasteiger partial charge in [-0.2, -0.15) is 0 Å². The third kappa shape index (κ3) is 6.23. The van der Waals surface area contributed by atoms with Gasteiger partial charge in [-0.25, -0.2) is 4.99 Å². The van der Waals surface area contributed by atoms with Crippen molar-refractivity contribution in [2.24, 2.45) is 4.99 Å². The number of likely N-dealkylation sites (tertiary alicyclic amines) is 1. The van der Waals surface area contributed by atoms with Crippen LogP contribution in [0.5, 0.6) is 0 Å². The number of rotatable bonds is 7. The molecule has 116 valence electrons. The first-order valence-electron chi connectivity index (χ1n) is 7.65. The van der Waals surface area contributed by atoms with E-state index in [1.54, 1.807) is 0 Å². The molecular weight excluding hydrogens is 254 g/mol. The minimum absolute atomic E-state index is 0.130. The van der Waals surface area contributed by atoms with Crippen molar-refractivity contribution in [1.29, 1.82) is 0 Å². The van der Waals surface area contributed by atoms with E-state index in [9.17, 15) is 4.79 Å². The zero-order chi connectivity index (χ0) is 14.8. The molecule has 1 amide bonds. The lowest BCUT2D eigenvalue weighted by molar-refractivity contribution is -0.128. The van der Waals surface area contributed by atoms with Crippen LogP contribution in [-0.4, -0.2) is 74.5 Å². The molecule has 20 heavy (non-hydrogen) atoms. The lowest BCUT2D eigenvalue weighted by Gasteiger charge is -2.17. The van der Waals surface area contributed by atoms with Crippen LogP contribution in [0.2, 0.25) is 0 Å². The number of carbonyl (C=O) groups is 1. The molecule has 0 spiro atoms. The Morgan fingerprint density at radius 2 is 1.95 bits per heavy atom. The maximum Gasteiger partial charge on any atom is 0.244 e. The molecule has 6 heteroatoms. The number of carbonyl (C=O) groups excluding carboxylic acids is 1. The van der Waals surface area contributed by atoms with E-state index in [2.05, 4.69) is 34.5 Å². The van der Waals surface area contributed by atoms with Crippen molar-refractivity contribution in [3.8, 4) is 0 Å². The Bertz CT molecular complexity index is 313. The van der Waals surface area contributed by atoms with Gasteiger partial charge in [0.15, 0.2) is 5.96 Å². The normalized spacial score (nSPS) is 15.8. The first kappa shape index (κ1) is 16.8. The van der Waals surface area contributed by atoms with Crippen molar-refractivity contribution in [2.75, 3.05) is 52.9 Å². The summed E-state index contributed by atoms with van der Waals surface area (Å²) in [6.07, 6.45) is 2.24.